The van der Waals surface area contributed by atoms with Crippen molar-refractivity contribution in [1.82, 2.24) is 25.1 Å². The van der Waals surface area contributed by atoms with E-state index in [0.717, 1.165) is 16.9 Å². The summed E-state index contributed by atoms with van der Waals surface area (Å²) in [5.74, 6) is 1.78. The Morgan fingerprint density at radius 2 is 2.00 bits per heavy atom. The van der Waals surface area contributed by atoms with Crippen LogP contribution in [0.4, 0.5) is 0 Å². The Kier molecular flexibility index (Phi) is 5.23. The molecule has 4 rings (SSSR count). The second-order valence-electron chi connectivity index (χ2n) is 6.18. The lowest BCUT2D eigenvalue weighted by atomic mass is 10.2. The van der Waals surface area contributed by atoms with Crippen molar-refractivity contribution in [2.24, 2.45) is 0 Å². The van der Waals surface area contributed by atoms with Crippen molar-refractivity contribution in [1.29, 1.82) is 0 Å². The molecule has 0 aliphatic carbocycles. The number of hydrogen-bond donors (Lipinski definition) is 0. The summed E-state index contributed by atoms with van der Waals surface area (Å²) in [6, 6.07) is 13.0. The zero-order valence-corrected chi connectivity index (χ0v) is 16.5. The Balaban J connectivity index is 1.38. The molecular formula is C19H16ClN5O2S. The van der Waals surface area contributed by atoms with Gasteiger partial charge in [0.1, 0.15) is 18.1 Å². The summed E-state index contributed by atoms with van der Waals surface area (Å²) in [5.41, 5.74) is 1.82. The molecule has 1 amide bonds. The number of thiophene rings is 1. The molecule has 0 bridgehead atoms. The number of likely N-dealkylation sites (N-methyl/N-ethyl adjacent to an activating group) is 1. The largest absolute Gasteiger partial charge is 0.459 e. The summed E-state index contributed by atoms with van der Waals surface area (Å²) < 4.78 is 5.85. The molecule has 0 aliphatic rings. The molecule has 0 saturated carbocycles. The van der Waals surface area contributed by atoms with Gasteiger partial charge in [0.05, 0.1) is 6.54 Å². The highest BCUT2D eigenvalue weighted by molar-refractivity contribution is 7.08. The molecule has 9 heteroatoms. The predicted octanol–water partition coefficient (Wildman–Crippen LogP) is 3.97. The van der Waals surface area contributed by atoms with Gasteiger partial charge in [0.25, 0.3) is 0 Å². The molecule has 0 atom stereocenters. The van der Waals surface area contributed by atoms with Gasteiger partial charge in [0.15, 0.2) is 0 Å². The summed E-state index contributed by atoms with van der Waals surface area (Å²) in [4.78, 5) is 15.3. The minimum absolute atomic E-state index is 0.0123. The molecule has 0 unspecified atom stereocenters. The highest BCUT2D eigenvalue weighted by Crippen LogP contribution is 2.24. The molecule has 3 heterocycles. The van der Waals surface area contributed by atoms with E-state index in [1.54, 1.807) is 23.3 Å². The van der Waals surface area contributed by atoms with Gasteiger partial charge >= 0.3 is 0 Å². The average molecular weight is 414 g/mol. The number of furan rings is 1. The lowest BCUT2D eigenvalue weighted by Crippen LogP contribution is -2.30. The van der Waals surface area contributed by atoms with Gasteiger partial charge in [-0.25, -0.2) is 0 Å². The fourth-order valence-corrected chi connectivity index (χ4v) is 3.37. The smallest absolute Gasteiger partial charge is 0.246 e. The van der Waals surface area contributed by atoms with Gasteiger partial charge in [-0.1, -0.05) is 11.6 Å². The maximum absolute atomic E-state index is 12.5. The molecule has 0 aliphatic heterocycles. The number of carbonyl (C=O) groups excluding carboxylic acids is 1. The van der Waals surface area contributed by atoms with Gasteiger partial charge in [-0.05, 0) is 53.1 Å². The molecule has 0 radical (unpaired) electrons. The van der Waals surface area contributed by atoms with Crippen LogP contribution >= 0.6 is 22.9 Å². The van der Waals surface area contributed by atoms with Crippen LogP contribution in [0.3, 0.4) is 0 Å². The SMILES string of the molecule is CN(Cc1ccc(-c2ccc(Cl)cc2)o1)C(=O)Cn1nnc(-c2ccsc2)n1. The predicted molar refractivity (Wildman–Crippen MR) is 107 cm³/mol. The minimum Gasteiger partial charge on any atom is -0.459 e. The van der Waals surface area contributed by atoms with E-state index in [0.29, 0.717) is 23.2 Å². The van der Waals surface area contributed by atoms with E-state index in [4.69, 9.17) is 16.0 Å². The zero-order chi connectivity index (χ0) is 19.5. The first-order valence-electron chi connectivity index (χ1n) is 8.47. The maximum atomic E-state index is 12.5. The Hall–Kier alpha value is -2.97. The van der Waals surface area contributed by atoms with Crippen LogP contribution in [0.1, 0.15) is 5.76 Å². The standard InChI is InChI=1S/C19H16ClN5O2S/c1-24(10-16-6-7-17(27-16)13-2-4-15(20)5-3-13)18(26)11-25-22-19(21-23-25)14-8-9-28-12-14/h2-9,12H,10-11H2,1H3. The first kappa shape index (κ1) is 18.4. The molecule has 3 aromatic heterocycles. The molecule has 0 spiro atoms. The van der Waals surface area contributed by atoms with E-state index in [1.165, 1.54) is 4.80 Å². The highest BCUT2D eigenvalue weighted by Gasteiger charge is 2.15. The number of halogens is 1. The number of hydrogen-bond acceptors (Lipinski definition) is 6. The summed E-state index contributed by atoms with van der Waals surface area (Å²) in [6.45, 7) is 0.358. The number of amides is 1. The van der Waals surface area contributed by atoms with E-state index in [9.17, 15) is 4.79 Å². The third-order valence-electron chi connectivity index (χ3n) is 4.12. The van der Waals surface area contributed by atoms with Crippen LogP contribution < -0.4 is 0 Å². The zero-order valence-electron chi connectivity index (χ0n) is 14.9. The van der Waals surface area contributed by atoms with Crippen molar-refractivity contribution in [2.75, 3.05) is 7.05 Å². The van der Waals surface area contributed by atoms with Gasteiger partial charge in [-0.2, -0.15) is 16.1 Å². The second kappa shape index (κ2) is 7.95. The molecule has 0 fully saturated rings. The monoisotopic (exact) mass is 413 g/mol. The van der Waals surface area contributed by atoms with Crippen LogP contribution in [0, 0.1) is 0 Å². The number of rotatable bonds is 6. The molecular weight excluding hydrogens is 398 g/mol. The number of nitrogens with zero attached hydrogens (tertiary/aromatic N) is 5. The molecule has 0 saturated heterocycles. The fourth-order valence-electron chi connectivity index (χ4n) is 2.61. The van der Waals surface area contributed by atoms with Crippen LogP contribution in [0.5, 0.6) is 0 Å². The molecule has 28 heavy (non-hydrogen) atoms. The second-order valence-corrected chi connectivity index (χ2v) is 7.39. The summed E-state index contributed by atoms with van der Waals surface area (Å²) in [5, 5.41) is 16.7. The summed E-state index contributed by atoms with van der Waals surface area (Å²) in [7, 11) is 1.71. The van der Waals surface area contributed by atoms with E-state index in [1.807, 2.05) is 53.2 Å². The summed E-state index contributed by atoms with van der Waals surface area (Å²) >= 11 is 7.47. The Labute approximate surface area is 170 Å². The Morgan fingerprint density at radius 1 is 1.18 bits per heavy atom. The van der Waals surface area contributed by atoms with Crippen molar-refractivity contribution in [2.45, 2.75) is 13.1 Å². The third kappa shape index (κ3) is 4.13. The normalized spacial score (nSPS) is 10.9. The fraction of sp³-hybridized carbons (Fsp3) is 0.158. The first-order valence-corrected chi connectivity index (χ1v) is 9.79. The van der Waals surface area contributed by atoms with Gasteiger partial charge < -0.3 is 9.32 Å². The van der Waals surface area contributed by atoms with Crippen molar-refractivity contribution in [3.8, 4) is 22.7 Å². The van der Waals surface area contributed by atoms with Crippen LogP contribution in [0.15, 0.2) is 57.6 Å². The van der Waals surface area contributed by atoms with Crippen molar-refractivity contribution >= 4 is 28.8 Å². The lowest BCUT2D eigenvalue weighted by Gasteiger charge is -2.14. The quantitative estimate of drug-likeness (QED) is 0.478. The molecule has 0 N–H and O–H groups in total. The van der Waals surface area contributed by atoms with Crippen molar-refractivity contribution in [3.05, 3.63) is 64.0 Å². The number of benzene rings is 1. The number of aromatic nitrogens is 4. The van der Waals surface area contributed by atoms with Crippen LogP contribution in [0.25, 0.3) is 22.7 Å². The highest BCUT2D eigenvalue weighted by atomic mass is 35.5. The number of carbonyl (C=O) groups is 1. The van der Waals surface area contributed by atoms with E-state index < -0.39 is 0 Å². The molecule has 7 nitrogen and oxygen atoms in total. The van der Waals surface area contributed by atoms with Crippen LogP contribution in [-0.4, -0.2) is 38.1 Å². The van der Waals surface area contributed by atoms with E-state index in [2.05, 4.69) is 15.4 Å². The Bertz CT molecular complexity index is 1070. The van der Waals surface area contributed by atoms with Crippen LogP contribution in [-0.2, 0) is 17.9 Å². The van der Waals surface area contributed by atoms with Crippen molar-refractivity contribution < 1.29 is 9.21 Å². The lowest BCUT2D eigenvalue weighted by molar-refractivity contribution is -0.131. The van der Waals surface area contributed by atoms with E-state index in [-0.39, 0.29) is 12.5 Å². The maximum Gasteiger partial charge on any atom is 0.246 e. The molecule has 142 valence electrons. The van der Waals surface area contributed by atoms with E-state index >= 15 is 0 Å². The van der Waals surface area contributed by atoms with Gasteiger partial charge in [0, 0.05) is 28.6 Å². The average Bonchev–Trinajstić information content (AvgIpc) is 3.44. The van der Waals surface area contributed by atoms with Gasteiger partial charge in [0.2, 0.25) is 11.7 Å². The van der Waals surface area contributed by atoms with Gasteiger partial charge in [-0.3, -0.25) is 4.79 Å². The first-order chi connectivity index (χ1) is 13.6. The topological polar surface area (TPSA) is 77.0 Å². The molecule has 4 aromatic rings. The van der Waals surface area contributed by atoms with Gasteiger partial charge in [-0.15, -0.1) is 10.2 Å². The molecule has 1 aromatic carbocycles. The van der Waals surface area contributed by atoms with Crippen LogP contribution in [0.2, 0.25) is 5.02 Å². The number of tetrazole rings is 1. The summed E-state index contributed by atoms with van der Waals surface area (Å²) in [6.07, 6.45) is 0. The Morgan fingerprint density at radius 3 is 2.75 bits per heavy atom. The minimum atomic E-state index is -0.140. The third-order valence-corrected chi connectivity index (χ3v) is 5.05. The van der Waals surface area contributed by atoms with Crippen molar-refractivity contribution in [3.63, 3.8) is 0 Å².